The van der Waals surface area contributed by atoms with Crippen LogP contribution in [0.15, 0.2) is 85.1 Å². The van der Waals surface area contributed by atoms with E-state index >= 15 is 0 Å². The molecular weight excluding hydrogens is 587 g/mol. The third-order valence-electron chi connectivity index (χ3n) is 6.39. The lowest BCUT2D eigenvalue weighted by Crippen LogP contribution is -2.37. The first kappa shape index (κ1) is 32.5. The molecule has 2 aromatic heterocycles. The second-order valence-corrected chi connectivity index (χ2v) is 11.5. The van der Waals surface area contributed by atoms with Gasteiger partial charge in [0, 0.05) is 47.3 Å². The molecule has 0 radical (unpaired) electrons. The van der Waals surface area contributed by atoms with Crippen LogP contribution in [0.5, 0.6) is 17.4 Å². The zero-order chi connectivity index (χ0) is 31.9. The summed E-state index contributed by atoms with van der Waals surface area (Å²) in [5, 5.41) is 13.1. The minimum Gasteiger partial charge on any atom is -0.490 e. The van der Waals surface area contributed by atoms with Crippen molar-refractivity contribution in [2.45, 2.75) is 20.0 Å². The second kappa shape index (κ2) is 14.3. The second-order valence-electron chi connectivity index (χ2n) is 10.5. The van der Waals surface area contributed by atoms with Gasteiger partial charge in [0.1, 0.15) is 24.2 Å². The molecule has 0 fully saturated rings. The predicted octanol–water partition coefficient (Wildman–Crippen LogP) is 4.58. The van der Waals surface area contributed by atoms with Gasteiger partial charge in [-0.25, -0.2) is 9.55 Å². The minimum absolute atomic E-state index is 0.168. The number of aromatic nitrogens is 2. The summed E-state index contributed by atoms with van der Waals surface area (Å²) in [6.07, 6.45) is 0.687. The number of aromatic amines is 1. The number of amides is 1. The number of pyridine rings is 1. The summed E-state index contributed by atoms with van der Waals surface area (Å²) in [4.78, 5) is 42.5. The number of anilines is 1. The number of nitrogens with two attached hydrogens (primary N) is 1. The molecule has 44 heavy (non-hydrogen) atoms. The summed E-state index contributed by atoms with van der Waals surface area (Å²) in [5.74, 6) is 1.58. The number of carbonyl (C=O) groups excluding carboxylic acids is 1. The van der Waals surface area contributed by atoms with Gasteiger partial charge in [0.25, 0.3) is 0 Å². The predicted molar refractivity (Wildman–Crippen MR) is 168 cm³/mol. The number of nitrogens with zero attached hydrogens (tertiary/aromatic N) is 2. The first-order valence-electron chi connectivity index (χ1n) is 13.7. The van der Waals surface area contributed by atoms with Crippen LogP contribution in [0.1, 0.15) is 24.2 Å². The fourth-order valence-electron chi connectivity index (χ4n) is 4.64. The number of H-pyrrole nitrogens is 1. The molecule has 5 rings (SSSR count). The zero-order valence-electron chi connectivity index (χ0n) is 24.2. The number of nitrogens with one attached hydrogen (secondary N) is 1. The molecule has 1 amide bonds. The lowest BCUT2D eigenvalue weighted by molar-refractivity contribution is 0.0999. The highest BCUT2D eigenvalue weighted by molar-refractivity contribution is 7.45. The molecule has 5 aromatic rings. The van der Waals surface area contributed by atoms with Crippen molar-refractivity contribution in [3.05, 3.63) is 90.6 Å². The first-order chi connectivity index (χ1) is 20.9. The highest BCUT2D eigenvalue weighted by Gasteiger charge is 2.17. The van der Waals surface area contributed by atoms with Crippen LogP contribution in [0.3, 0.4) is 0 Å². The van der Waals surface area contributed by atoms with Gasteiger partial charge in [0.2, 0.25) is 11.8 Å². The zero-order valence-corrected chi connectivity index (χ0v) is 25.1. The molecular formula is C31H35N4O8P. The number of aliphatic hydroxyl groups excluding tert-OH is 1. The number of ether oxygens (including phenoxy) is 2. The highest BCUT2D eigenvalue weighted by Crippen LogP contribution is 2.33. The number of primary amides is 1. The number of fused-ring (bicyclic) bond motifs is 3. The fourth-order valence-corrected chi connectivity index (χ4v) is 4.64. The number of carbonyl (C=O) groups is 1. The number of aliphatic hydroxyl groups is 1. The topological polar surface area (TPSA) is 191 Å². The molecule has 0 aliphatic rings. The Bertz CT molecular complexity index is 1730. The van der Waals surface area contributed by atoms with Crippen molar-refractivity contribution in [2.75, 3.05) is 24.6 Å². The molecule has 0 spiro atoms. The van der Waals surface area contributed by atoms with Gasteiger partial charge in [-0.2, -0.15) is 0 Å². The first-order valence-corrected chi connectivity index (χ1v) is 15.3. The smallest absolute Gasteiger partial charge is 0.466 e. The Hall–Kier alpha value is -4.45. The average molecular weight is 623 g/mol. The van der Waals surface area contributed by atoms with Crippen molar-refractivity contribution < 1.29 is 38.6 Å². The maximum absolute atomic E-state index is 11.2. The van der Waals surface area contributed by atoms with E-state index in [0.29, 0.717) is 29.7 Å². The van der Waals surface area contributed by atoms with E-state index in [1.54, 1.807) is 12.1 Å². The Morgan fingerprint density at radius 1 is 0.955 bits per heavy atom. The number of phosphoric acid groups is 1. The highest BCUT2D eigenvalue weighted by atomic mass is 31.2. The SMILES string of the molecule is CC(C)CN(C[C@H](O)COc1cccc2[nH]c3ccccc3c12)c1ccc(Oc2ccc(C(N)=O)cn2)cc1.O=P(O)(O)O. The largest absolute Gasteiger partial charge is 0.490 e. The quantitative estimate of drug-likeness (QED) is 0.114. The van der Waals surface area contributed by atoms with Crippen molar-refractivity contribution in [1.82, 2.24) is 9.97 Å². The van der Waals surface area contributed by atoms with Gasteiger partial charge in [-0.3, -0.25) is 4.79 Å². The van der Waals surface area contributed by atoms with E-state index in [1.165, 1.54) is 6.20 Å². The van der Waals surface area contributed by atoms with Gasteiger partial charge in [0.15, 0.2) is 0 Å². The van der Waals surface area contributed by atoms with E-state index in [2.05, 4.69) is 34.8 Å². The summed E-state index contributed by atoms with van der Waals surface area (Å²) < 4.78 is 20.8. The van der Waals surface area contributed by atoms with Crippen LogP contribution in [0.2, 0.25) is 0 Å². The van der Waals surface area contributed by atoms with Gasteiger partial charge in [-0.05, 0) is 54.4 Å². The normalized spacial score (nSPS) is 12.1. The molecule has 1 atom stereocenters. The maximum atomic E-state index is 11.2. The van der Waals surface area contributed by atoms with Crippen molar-refractivity contribution in [2.24, 2.45) is 11.7 Å². The number of benzene rings is 3. The molecule has 2 heterocycles. The van der Waals surface area contributed by atoms with Crippen LogP contribution < -0.4 is 20.1 Å². The summed E-state index contributed by atoms with van der Waals surface area (Å²) in [5.41, 5.74) is 8.61. The lowest BCUT2D eigenvalue weighted by Gasteiger charge is -2.29. The molecule has 0 unspecified atom stereocenters. The van der Waals surface area contributed by atoms with Gasteiger partial charge < -0.3 is 44.9 Å². The Balaban J connectivity index is 0.000000818. The minimum atomic E-state index is -4.64. The number of para-hydroxylation sites is 1. The molecule has 0 bridgehead atoms. The van der Waals surface area contributed by atoms with E-state index in [9.17, 15) is 9.90 Å². The van der Waals surface area contributed by atoms with Crippen molar-refractivity contribution in [3.8, 4) is 17.4 Å². The number of hydrogen-bond acceptors (Lipinski definition) is 7. The Morgan fingerprint density at radius 3 is 2.27 bits per heavy atom. The van der Waals surface area contributed by atoms with E-state index in [-0.39, 0.29) is 6.61 Å². The summed E-state index contributed by atoms with van der Waals surface area (Å²) in [6.45, 7) is 5.64. The van der Waals surface area contributed by atoms with Crippen molar-refractivity contribution in [3.63, 3.8) is 0 Å². The van der Waals surface area contributed by atoms with Crippen LogP contribution in [-0.2, 0) is 4.57 Å². The van der Waals surface area contributed by atoms with Crippen LogP contribution >= 0.6 is 7.82 Å². The van der Waals surface area contributed by atoms with Gasteiger partial charge in [0.05, 0.1) is 11.1 Å². The monoisotopic (exact) mass is 622 g/mol. The average Bonchev–Trinajstić information content (AvgIpc) is 3.35. The van der Waals surface area contributed by atoms with E-state index < -0.39 is 19.8 Å². The third-order valence-corrected chi connectivity index (χ3v) is 6.39. The van der Waals surface area contributed by atoms with Crippen molar-refractivity contribution >= 4 is 41.2 Å². The number of rotatable bonds is 11. The van der Waals surface area contributed by atoms with E-state index in [4.69, 9.17) is 34.5 Å². The standard InChI is InChI=1S/C31H32N4O4.H3O4P/c1-20(2)17-35(22-11-13-24(14-12-22)39-29-15-10-21(16-33-29)31(32)37)18-23(36)19-38-28-9-5-8-27-30(28)25-6-3-4-7-26(25)34-27;1-5(2,3)4/h3-16,20,23,34,36H,17-19H2,1-2H3,(H2,32,37);(H3,1,2,3,4)/t23-;/m0./s1. The van der Waals surface area contributed by atoms with Crippen molar-refractivity contribution in [1.29, 1.82) is 0 Å². The summed E-state index contributed by atoms with van der Waals surface area (Å²) in [7, 11) is -4.64. The maximum Gasteiger partial charge on any atom is 0.466 e. The Kier molecular flexibility index (Phi) is 10.6. The fraction of sp³-hybridized carbons (Fsp3) is 0.226. The van der Waals surface area contributed by atoms with E-state index in [1.807, 2.05) is 60.7 Å². The molecule has 0 saturated carbocycles. The van der Waals surface area contributed by atoms with Crippen LogP contribution in [0.4, 0.5) is 5.69 Å². The molecule has 232 valence electrons. The number of hydrogen-bond donors (Lipinski definition) is 6. The van der Waals surface area contributed by atoms with Gasteiger partial charge in [-0.15, -0.1) is 0 Å². The molecule has 13 heteroatoms. The van der Waals surface area contributed by atoms with Crippen LogP contribution in [0, 0.1) is 5.92 Å². The summed E-state index contributed by atoms with van der Waals surface area (Å²) in [6, 6.07) is 24.9. The molecule has 12 nitrogen and oxygen atoms in total. The Labute approximate surface area is 253 Å². The van der Waals surface area contributed by atoms with Crippen LogP contribution in [0.25, 0.3) is 21.8 Å². The molecule has 7 N–H and O–H groups in total. The molecule has 0 aliphatic heterocycles. The molecule has 0 aliphatic carbocycles. The molecule has 3 aromatic carbocycles. The lowest BCUT2D eigenvalue weighted by atomic mass is 10.1. The van der Waals surface area contributed by atoms with E-state index in [0.717, 1.165) is 39.8 Å². The third kappa shape index (κ3) is 9.27. The van der Waals surface area contributed by atoms with Gasteiger partial charge in [-0.1, -0.05) is 38.1 Å². The van der Waals surface area contributed by atoms with Crippen LogP contribution in [-0.4, -0.2) is 61.5 Å². The Morgan fingerprint density at radius 2 is 1.64 bits per heavy atom. The van der Waals surface area contributed by atoms with Gasteiger partial charge >= 0.3 is 7.82 Å². The summed E-state index contributed by atoms with van der Waals surface area (Å²) >= 11 is 0. The molecule has 0 saturated heterocycles.